The Bertz CT molecular complexity index is 493. The van der Waals surface area contributed by atoms with Crippen molar-refractivity contribution < 1.29 is 4.79 Å². The van der Waals surface area contributed by atoms with Gasteiger partial charge in [-0.2, -0.15) is 11.8 Å². The summed E-state index contributed by atoms with van der Waals surface area (Å²) in [6, 6.07) is 10.3. The number of hydrogen-bond acceptors (Lipinski definition) is 3. The first kappa shape index (κ1) is 14.9. The Labute approximate surface area is 131 Å². The molecule has 0 aromatic heterocycles. The summed E-state index contributed by atoms with van der Waals surface area (Å²) in [5, 5.41) is 4.14. The summed E-state index contributed by atoms with van der Waals surface area (Å²) in [6.45, 7) is 2.16. The lowest BCUT2D eigenvalue weighted by Crippen LogP contribution is -2.46. The molecule has 21 heavy (non-hydrogen) atoms. The van der Waals surface area contributed by atoms with Gasteiger partial charge < -0.3 is 4.90 Å². The Kier molecular flexibility index (Phi) is 4.55. The van der Waals surface area contributed by atoms with E-state index >= 15 is 0 Å². The molecule has 0 radical (unpaired) electrons. The molecule has 1 saturated carbocycles. The molecule has 3 rings (SSSR count). The molecule has 1 amide bonds. The zero-order valence-corrected chi connectivity index (χ0v) is 13.6. The number of carbonyl (C=O) groups excluding carboxylic acids is 1. The predicted octanol–water partition coefficient (Wildman–Crippen LogP) is 3.18. The third kappa shape index (κ3) is 2.71. The van der Waals surface area contributed by atoms with Crippen LogP contribution in [0.5, 0.6) is 0 Å². The molecule has 2 fully saturated rings. The quantitative estimate of drug-likeness (QED) is 0.927. The van der Waals surface area contributed by atoms with Crippen LogP contribution in [0.25, 0.3) is 0 Å². The van der Waals surface area contributed by atoms with Crippen LogP contribution in [-0.2, 0) is 4.79 Å². The number of rotatable bonds is 4. The van der Waals surface area contributed by atoms with Gasteiger partial charge in [-0.15, -0.1) is 0 Å². The summed E-state index contributed by atoms with van der Waals surface area (Å²) in [5.41, 5.74) is 1.09. The fraction of sp³-hybridized carbons (Fsp3) is 0.588. The molecule has 1 aliphatic carbocycles. The largest absolute Gasteiger partial charge is 0.321 e. The molecule has 0 spiro atoms. The summed E-state index contributed by atoms with van der Waals surface area (Å²) < 4.78 is 0. The van der Waals surface area contributed by atoms with E-state index in [9.17, 15) is 4.79 Å². The topological polar surface area (TPSA) is 32.3 Å². The molecule has 2 aliphatic rings. The van der Waals surface area contributed by atoms with Crippen LogP contribution in [0.15, 0.2) is 30.3 Å². The fourth-order valence-corrected chi connectivity index (χ4v) is 4.72. The molecule has 0 bridgehead atoms. The van der Waals surface area contributed by atoms with Crippen molar-refractivity contribution in [2.45, 2.75) is 56.1 Å². The maximum Gasteiger partial charge on any atom is 0.245 e. The smallest absolute Gasteiger partial charge is 0.245 e. The van der Waals surface area contributed by atoms with Gasteiger partial charge in [0.1, 0.15) is 6.04 Å². The second-order valence-electron chi connectivity index (χ2n) is 5.95. The maximum absolute atomic E-state index is 13.0. The van der Waals surface area contributed by atoms with Crippen molar-refractivity contribution in [1.29, 1.82) is 0 Å². The lowest BCUT2D eigenvalue weighted by Gasteiger charge is -2.33. The van der Waals surface area contributed by atoms with Crippen LogP contribution in [0.3, 0.4) is 0 Å². The van der Waals surface area contributed by atoms with Gasteiger partial charge in [0, 0.05) is 11.3 Å². The number of nitrogens with one attached hydrogen (secondary N) is 1. The van der Waals surface area contributed by atoms with Crippen LogP contribution in [0, 0.1) is 0 Å². The first-order valence-electron chi connectivity index (χ1n) is 7.92. The standard InChI is InChI=1S/C17H24N2OS/c1-3-15-18-16(12-8-5-4-6-9-12)17(20)19(15)13-10-7-11-14(13)21-2/h4-6,8-9,13-16,18H,3,7,10-11H2,1-2H3. The highest BCUT2D eigenvalue weighted by Gasteiger charge is 2.45. The average Bonchev–Trinajstić information content (AvgIpc) is 3.11. The third-order valence-electron chi connectivity index (χ3n) is 4.79. The minimum atomic E-state index is -0.167. The number of thioether (sulfide) groups is 1. The maximum atomic E-state index is 13.0. The predicted molar refractivity (Wildman–Crippen MR) is 88.2 cm³/mol. The number of hydrogen-bond donors (Lipinski definition) is 1. The van der Waals surface area contributed by atoms with E-state index in [-0.39, 0.29) is 18.1 Å². The van der Waals surface area contributed by atoms with E-state index in [0.29, 0.717) is 11.3 Å². The Balaban J connectivity index is 1.85. The minimum Gasteiger partial charge on any atom is -0.321 e. The molecular weight excluding hydrogens is 280 g/mol. The number of amides is 1. The van der Waals surface area contributed by atoms with E-state index in [0.717, 1.165) is 18.4 Å². The fourth-order valence-electron chi connectivity index (χ4n) is 3.74. The number of benzene rings is 1. The van der Waals surface area contributed by atoms with Crippen LogP contribution < -0.4 is 5.32 Å². The van der Waals surface area contributed by atoms with E-state index in [1.807, 2.05) is 42.1 Å². The summed E-state index contributed by atoms with van der Waals surface area (Å²) in [4.78, 5) is 15.1. The van der Waals surface area contributed by atoms with Crippen molar-refractivity contribution >= 4 is 17.7 Å². The van der Waals surface area contributed by atoms with Crippen LogP contribution in [0.2, 0.25) is 0 Å². The van der Waals surface area contributed by atoms with Crippen molar-refractivity contribution in [3.8, 4) is 0 Å². The van der Waals surface area contributed by atoms with Crippen LogP contribution in [0.1, 0.15) is 44.2 Å². The zero-order chi connectivity index (χ0) is 14.8. The van der Waals surface area contributed by atoms with Crippen molar-refractivity contribution in [2.24, 2.45) is 0 Å². The third-order valence-corrected chi connectivity index (χ3v) is 5.95. The van der Waals surface area contributed by atoms with Gasteiger partial charge in [-0.3, -0.25) is 10.1 Å². The lowest BCUT2D eigenvalue weighted by molar-refractivity contribution is -0.132. The summed E-state index contributed by atoms with van der Waals surface area (Å²) in [6.07, 6.45) is 6.95. The Morgan fingerprint density at radius 3 is 2.71 bits per heavy atom. The van der Waals surface area contributed by atoms with Gasteiger partial charge in [-0.05, 0) is 31.1 Å². The minimum absolute atomic E-state index is 0.167. The van der Waals surface area contributed by atoms with E-state index in [2.05, 4.69) is 23.4 Å². The molecule has 1 heterocycles. The van der Waals surface area contributed by atoms with Gasteiger partial charge in [-0.25, -0.2) is 0 Å². The molecule has 3 nitrogen and oxygen atoms in total. The van der Waals surface area contributed by atoms with Crippen LogP contribution >= 0.6 is 11.8 Å². The highest BCUT2D eigenvalue weighted by molar-refractivity contribution is 7.99. The Morgan fingerprint density at radius 1 is 1.29 bits per heavy atom. The summed E-state index contributed by atoms with van der Waals surface area (Å²) >= 11 is 1.92. The Hall–Kier alpha value is -1.00. The molecule has 1 saturated heterocycles. The summed E-state index contributed by atoms with van der Waals surface area (Å²) in [5.74, 6) is 0.263. The molecule has 1 aliphatic heterocycles. The number of carbonyl (C=O) groups is 1. The normalized spacial score (nSPS) is 32.9. The number of nitrogens with zero attached hydrogens (tertiary/aromatic N) is 1. The second kappa shape index (κ2) is 6.41. The SMILES string of the molecule is CCC1NC(c2ccccc2)C(=O)N1C1CCCC1SC. The monoisotopic (exact) mass is 304 g/mol. The van der Waals surface area contributed by atoms with Crippen molar-refractivity contribution in [2.75, 3.05) is 6.26 Å². The van der Waals surface area contributed by atoms with E-state index in [1.54, 1.807) is 0 Å². The van der Waals surface area contributed by atoms with E-state index in [1.165, 1.54) is 12.8 Å². The highest BCUT2D eigenvalue weighted by atomic mass is 32.2. The average molecular weight is 304 g/mol. The summed E-state index contributed by atoms with van der Waals surface area (Å²) in [7, 11) is 0. The molecule has 4 atom stereocenters. The lowest BCUT2D eigenvalue weighted by atomic mass is 10.1. The second-order valence-corrected chi connectivity index (χ2v) is 7.03. The van der Waals surface area contributed by atoms with Gasteiger partial charge in [-0.1, -0.05) is 43.7 Å². The van der Waals surface area contributed by atoms with Crippen molar-refractivity contribution in [3.63, 3.8) is 0 Å². The zero-order valence-electron chi connectivity index (χ0n) is 12.8. The molecule has 1 N–H and O–H groups in total. The first-order chi connectivity index (χ1) is 10.3. The van der Waals surface area contributed by atoms with E-state index < -0.39 is 0 Å². The Morgan fingerprint density at radius 2 is 2.05 bits per heavy atom. The van der Waals surface area contributed by atoms with Crippen molar-refractivity contribution in [1.82, 2.24) is 10.2 Å². The van der Waals surface area contributed by atoms with Gasteiger partial charge in [0.2, 0.25) is 5.91 Å². The molecule has 114 valence electrons. The van der Waals surface area contributed by atoms with Gasteiger partial charge in [0.05, 0.1) is 6.17 Å². The van der Waals surface area contributed by atoms with E-state index in [4.69, 9.17) is 0 Å². The molecule has 1 aromatic rings. The molecule has 4 heteroatoms. The van der Waals surface area contributed by atoms with Gasteiger partial charge in [0.15, 0.2) is 0 Å². The molecular formula is C17H24N2OS. The first-order valence-corrected chi connectivity index (χ1v) is 9.21. The van der Waals surface area contributed by atoms with Gasteiger partial charge in [0.25, 0.3) is 0 Å². The molecule has 4 unspecified atom stereocenters. The van der Waals surface area contributed by atoms with Crippen LogP contribution in [0.4, 0.5) is 0 Å². The van der Waals surface area contributed by atoms with Crippen molar-refractivity contribution in [3.05, 3.63) is 35.9 Å². The molecule has 1 aromatic carbocycles. The van der Waals surface area contributed by atoms with Gasteiger partial charge >= 0.3 is 0 Å². The van der Waals surface area contributed by atoms with Crippen LogP contribution in [-0.4, -0.2) is 34.5 Å². The highest BCUT2D eigenvalue weighted by Crippen LogP contribution is 2.37.